The lowest BCUT2D eigenvalue weighted by Gasteiger charge is -2.32. The van der Waals surface area contributed by atoms with Crippen molar-refractivity contribution in [3.8, 4) is 5.75 Å². The van der Waals surface area contributed by atoms with Crippen LogP contribution in [0.1, 0.15) is 19.3 Å². The second-order valence-corrected chi connectivity index (χ2v) is 6.15. The number of imidazole rings is 1. The van der Waals surface area contributed by atoms with Gasteiger partial charge in [-0.05, 0) is 43.4 Å². The molecule has 0 saturated carbocycles. The van der Waals surface area contributed by atoms with Crippen LogP contribution in [0.5, 0.6) is 5.75 Å². The summed E-state index contributed by atoms with van der Waals surface area (Å²) in [7, 11) is 0. The van der Waals surface area contributed by atoms with Gasteiger partial charge in [0, 0.05) is 25.4 Å². The number of aromatic hydroxyl groups is 1. The number of alkyl halides is 1. The summed E-state index contributed by atoms with van der Waals surface area (Å²) in [6.07, 6.45) is 4.68. The van der Waals surface area contributed by atoms with E-state index in [1.807, 2.05) is 22.7 Å². The summed E-state index contributed by atoms with van der Waals surface area (Å²) in [5.74, 6) is 2.25. The van der Waals surface area contributed by atoms with Crippen molar-refractivity contribution in [1.29, 1.82) is 0 Å². The van der Waals surface area contributed by atoms with Crippen LogP contribution in [0.25, 0.3) is 16.8 Å². The largest absolute Gasteiger partial charge is 0.508 e. The average Bonchev–Trinajstić information content (AvgIpc) is 2.92. The quantitative estimate of drug-likeness (QED) is 0.807. The molecule has 0 atom stereocenters. The first kappa shape index (κ1) is 14.2. The minimum absolute atomic E-state index is 0.205. The molecule has 0 radical (unpaired) electrons. The molecule has 1 N–H and O–H groups in total. The Labute approximate surface area is 133 Å². The van der Waals surface area contributed by atoms with Gasteiger partial charge >= 0.3 is 0 Å². The smallest absolute Gasteiger partial charge is 0.236 e. The van der Waals surface area contributed by atoms with Crippen LogP contribution >= 0.6 is 0 Å². The third-order valence-electron chi connectivity index (χ3n) is 4.70. The summed E-state index contributed by atoms with van der Waals surface area (Å²) < 4.78 is 14.4. The number of halogens is 1. The molecule has 0 amide bonds. The van der Waals surface area contributed by atoms with Gasteiger partial charge in [0.15, 0.2) is 0 Å². The van der Waals surface area contributed by atoms with Crippen molar-refractivity contribution in [1.82, 2.24) is 14.4 Å². The highest BCUT2D eigenvalue weighted by Gasteiger charge is 2.20. The molecule has 3 aromatic rings. The lowest BCUT2D eigenvalue weighted by molar-refractivity contribution is 0.332. The van der Waals surface area contributed by atoms with E-state index >= 15 is 0 Å². The molecule has 0 aliphatic carbocycles. The second kappa shape index (κ2) is 5.68. The normalized spacial score (nSPS) is 16.5. The van der Waals surface area contributed by atoms with Crippen LogP contribution in [0, 0.1) is 5.92 Å². The van der Waals surface area contributed by atoms with Crippen LogP contribution in [0.15, 0.2) is 30.5 Å². The van der Waals surface area contributed by atoms with Gasteiger partial charge in [0.2, 0.25) is 5.78 Å². The van der Waals surface area contributed by atoms with Gasteiger partial charge in [-0.15, -0.1) is 0 Å². The Balaban J connectivity index is 1.63. The summed E-state index contributed by atoms with van der Waals surface area (Å²) in [5.41, 5.74) is 1.66. The molecule has 0 spiro atoms. The van der Waals surface area contributed by atoms with E-state index in [-0.39, 0.29) is 12.4 Å². The fourth-order valence-electron chi connectivity index (χ4n) is 3.36. The first-order chi connectivity index (χ1) is 11.2. The molecule has 0 unspecified atom stereocenters. The Morgan fingerprint density at radius 2 is 2.00 bits per heavy atom. The molecule has 6 heteroatoms. The average molecular weight is 314 g/mol. The van der Waals surface area contributed by atoms with Gasteiger partial charge in [-0.2, -0.15) is 4.98 Å². The van der Waals surface area contributed by atoms with E-state index in [1.165, 1.54) is 0 Å². The summed E-state index contributed by atoms with van der Waals surface area (Å²) in [5, 5.41) is 9.58. The van der Waals surface area contributed by atoms with Gasteiger partial charge < -0.3 is 10.0 Å². The van der Waals surface area contributed by atoms with E-state index in [0.29, 0.717) is 18.1 Å². The van der Waals surface area contributed by atoms with E-state index in [2.05, 4.69) is 14.9 Å². The number of nitrogens with zero attached hydrogens (tertiary/aromatic N) is 4. The maximum absolute atomic E-state index is 12.4. The van der Waals surface area contributed by atoms with Gasteiger partial charge in [0.25, 0.3) is 0 Å². The molecule has 3 heterocycles. The Kier molecular flexibility index (Phi) is 3.52. The highest BCUT2D eigenvalue weighted by Crippen LogP contribution is 2.26. The number of phenolic OH excluding ortho intramolecular Hbond substituents is 1. The van der Waals surface area contributed by atoms with Crippen molar-refractivity contribution in [2.75, 3.05) is 24.7 Å². The van der Waals surface area contributed by atoms with Crippen molar-refractivity contribution in [3.63, 3.8) is 0 Å². The fraction of sp³-hybridized carbons (Fsp3) is 0.412. The van der Waals surface area contributed by atoms with Gasteiger partial charge in [-0.25, -0.2) is 4.98 Å². The number of fused-ring (bicyclic) bond motifs is 3. The predicted octanol–water partition coefficient (Wildman–Crippen LogP) is 3.16. The lowest BCUT2D eigenvalue weighted by Crippen LogP contribution is -2.34. The number of rotatable bonds is 3. The first-order valence-electron chi connectivity index (χ1n) is 8.03. The Hall–Kier alpha value is -2.37. The van der Waals surface area contributed by atoms with Crippen LogP contribution in [0.4, 0.5) is 10.2 Å². The number of benzene rings is 1. The monoisotopic (exact) mass is 314 g/mol. The lowest BCUT2D eigenvalue weighted by atomic mass is 9.94. The van der Waals surface area contributed by atoms with Gasteiger partial charge in [-0.3, -0.25) is 8.79 Å². The van der Waals surface area contributed by atoms with Crippen molar-refractivity contribution in [3.05, 3.63) is 30.5 Å². The molecule has 23 heavy (non-hydrogen) atoms. The van der Waals surface area contributed by atoms with Gasteiger partial charge in [0.1, 0.15) is 11.6 Å². The molecule has 1 fully saturated rings. The van der Waals surface area contributed by atoms with E-state index in [0.717, 1.165) is 42.8 Å². The molecule has 1 aliphatic heterocycles. The summed E-state index contributed by atoms with van der Waals surface area (Å²) in [6, 6.07) is 7.14. The van der Waals surface area contributed by atoms with Crippen LogP contribution in [-0.2, 0) is 0 Å². The molecule has 1 aromatic carbocycles. The number of piperidine rings is 1. The first-order valence-corrected chi connectivity index (χ1v) is 8.03. The molecular formula is C17H19FN4O. The van der Waals surface area contributed by atoms with E-state index < -0.39 is 0 Å². The van der Waals surface area contributed by atoms with E-state index in [1.54, 1.807) is 12.1 Å². The predicted molar refractivity (Wildman–Crippen MR) is 87.7 cm³/mol. The standard InChI is InChI=1S/C17H19FN4O/c18-7-3-12-4-8-21(9-5-12)16-6-10-22-15-2-1-13(23)11-14(15)19-17(22)20-16/h1-2,6,10-12,23H,3-5,7-9H2. The molecule has 5 nitrogen and oxygen atoms in total. The number of hydrogen-bond acceptors (Lipinski definition) is 4. The zero-order chi connectivity index (χ0) is 15.8. The molecule has 120 valence electrons. The van der Waals surface area contributed by atoms with Crippen molar-refractivity contribution < 1.29 is 9.50 Å². The molecule has 0 bridgehead atoms. The van der Waals surface area contributed by atoms with E-state index in [9.17, 15) is 9.50 Å². The maximum atomic E-state index is 12.4. The SMILES string of the molecule is Oc1ccc2c(c1)nc1nc(N3CCC(CCF)CC3)ccn12. The van der Waals surface area contributed by atoms with Crippen LogP contribution in [0.2, 0.25) is 0 Å². The van der Waals surface area contributed by atoms with Crippen molar-refractivity contribution in [2.45, 2.75) is 19.3 Å². The van der Waals surface area contributed by atoms with Crippen LogP contribution < -0.4 is 4.90 Å². The highest BCUT2D eigenvalue weighted by molar-refractivity contribution is 5.81. The molecule has 1 aliphatic rings. The van der Waals surface area contributed by atoms with E-state index in [4.69, 9.17) is 0 Å². The zero-order valence-electron chi connectivity index (χ0n) is 12.8. The second-order valence-electron chi connectivity index (χ2n) is 6.15. The zero-order valence-corrected chi connectivity index (χ0v) is 12.8. The molecule has 1 saturated heterocycles. The van der Waals surface area contributed by atoms with Crippen LogP contribution in [-0.4, -0.2) is 39.2 Å². The maximum Gasteiger partial charge on any atom is 0.236 e. The minimum Gasteiger partial charge on any atom is -0.508 e. The van der Waals surface area contributed by atoms with Crippen molar-refractivity contribution in [2.24, 2.45) is 5.92 Å². The summed E-state index contributed by atoms with van der Waals surface area (Å²) >= 11 is 0. The number of aromatic nitrogens is 3. The fourth-order valence-corrected chi connectivity index (χ4v) is 3.36. The highest BCUT2D eigenvalue weighted by atomic mass is 19.1. The molecule has 2 aromatic heterocycles. The Morgan fingerprint density at radius 3 is 2.78 bits per heavy atom. The summed E-state index contributed by atoms with van der Waals surface area (Å²) in [4.78, 5) is 11.4. The topological polar surface area (TPSA) is 53.7 Å². The number of anilines is 1. The number of phenols is 1. The number of hydrogen-bond donors (Lipinski definition) is 1. The molecule has 4 rings (SSSR count). The minimum atomic E-state index is -0.220. The van der Waals surface area contributed by atoms with Crippen LogP contribution in [0.3, 0.4) is 0 Å². The third-order valence-corrected chi connectivity index (χ3v) is 4.70. The summed E-state index contributed by atoms with van der Waals surface area (Å²) in [6.45, 7) is 1.60. The Bertz CT molecular complexity index is 839. The third kappa shape index (κ3) is 2.58. The van der Waals surface area contributed by atoms with Gasteiger partial charge in [0.05, 0.1) is 17.7 Å². The van der Waals surface area contributed by atoms with Crippen molar-refractivity contribution >= 4 is 22.6 Å². The van der Waals surface area contributed by atoms with Gasteiger partial charge in [-0.1, -0.05) is 0 Å². The molecular weight excluding hydrogens is 295 g/mol. The Morgan fingerprint density at radius 1 is 1.17 bits per heavy atom.